The van der Waals surface area contributed by atoms with Crippen molar-refractivity contribution in [2.45, 2.75) is 82.1 Å². The first kappa shape index (κ1) is 30.8. The Morgan fingerprint density at radius 1 is 1.07 bits per heavy atom. The van der Waals surface area contributed by atoms with Crippen molar-refractivity contribution >= 4 is 17.5 Å². The van der Waals surface area contributed by atoms with Crippen LogP contribution < -0.4 is 10.6 Å². The zero-order valence-electron chi connectivity index (χ0n) is 23.5. The smallest absolute Gasteiger partial charge is 0.383 e. The molecule has 0 aliphatic heterocycles. The van der Waals surface area contributed by atoms with E-state index in [9.17, 15) is 31.5 Å². The maximum absolute atomic E-state index is 14.0. The first-order valence-corrected chi connectivity index (χ1v) is 14.2. The average Bonchev–Trinajstić information content (AvgIpc) is 3.52. The maximum atomic E-state index is 14.0. The molecule has 2 amide bonds. The third kappa shape index (κ3) is 8.03. The van der Waals surface area contributed by atoms with Gasteiger partial charge in [-0.2, -0.15) is 28.2 Å². The predicted octanol–water partition coefficient (Wildman–Crippen LogP) is 4.17. The highest BCUT2D eigenvalue weighted by Gasteiger charge is 2.40. The van der Waals surface area contributed by atoms with Crippen LogP contribution >= 0.6 is 0 Å². The molecule has 3 aromatic heterocycles. The number of carbonyl (C=O) groups excluding carboxylic acids is 2. The lowest BCUT2D eigenvalue weighted by molar-refractivity contribution is -0.144. The van der Waals surface area contributed by atoms with E-state index < -0.39 is 48.8 Å². The summed E-state index contributed by atoms with van der Waals surface area (Å²) < 4.78 is 72.3. The molecule has 2 fully saturated rings. The third-order valence-electron chi connectivity index (χ3n) is 7.87. The van der Waals surface area contributed by atoms with E-state index in [2.05, 4.69) is 30.9 Å². The van der Waals surface area contributed by atoms with Gasteiger partial charge in [0.2, 0.25) is 11.8 Å². The molecular weight excluding hydrogens is 579 g/mol. The molecular formula is C27H33F5N8O3. The zero-order chi connectivity index (χ0) is 30.8. The summed E-state index contributed by atoms with van der Waals surface area (Å²) in [6, 6.07) is 0.452. The molecule has 2 aliphatic carbocycles. The summed E-state index contributed by atoms with van der Waals surface area (Å²) in [6.45, 7) is 0.694. The molecule has 0 spiro atoms. The Morgan fingerprint density at radius 3 is 2.47 bits per heavy atom. The summed E-state index contributed by atoms with van der Waals surface area (Å²) in [4.78, 5) is 31.5. The minimum absolute atomic E-state index is 0.0555. The highest BCUT2D eigenvalue weighted by Crippen LogP contribution is 2.43. The number of amides is 2. The molecule has 16 heteroatoms. The SMILES string of the molecule is COCCn1ncc(C(=O)N[C@H](c2cn3ncc([C@H](NC(=O)CCC(F)(F)F)C4CC4)cc3n2)C2CCC(F)(F)CC2)n1. The van der Waals surface area contributed by atoms with Crippen molar-refractivity contribution < 1.29 is 36.3 Å². The minimum atomic E-state index is -4.43. The van der Waals surface area contributed by atoms with E-state index in [1.165, 1.54) is 28.8 Å². The molecule has 43 heavy (non-hydrogen) atoms. The monoisotopic (exact) mass is 612 g/mol. The van der Waals surface area contributed by atoms with Gasteiger partial charge in [0.1, 0.15) is 0 Å². The van der Waals surface area contributed by atoms with Gasteiger partial charge in [0.25, 0.3) is 5.91 Å². The number of rotatable bonds is 12. The Kier molecular flexibility index (Phi) is 8.94. The number of ether oxygens (including phenoxy) is 1. The normalized spacial score (nSPS) is 18.8. The summed E-state index contributed by atoms with van der Waals surface area (Å²) >= 11 is 0. The van der Waals surface area contributed by atoms with Crippen LogP contribution in [-0.2, 0) is 16.1 Å². The number of nitrogens with one attached hydrogen (secondary N) is 2. The van der Waals surface area contributed by atoms with Crippen molar-refractivity contribution in [2.75, 3.05) is 13.7 Å². The highest BCUT2D eigenvalue weighted by atomic mass is 19.4. The number of hydrogen-bond acceptors (Lipinski definition) is 7. The lowest BCUT2D eigenvalue weighted by Crippen LogP contribution is -2.37. The van der Waals surface area contributed by atoms with Gasteiger partial charge in [0.15, 0.2) is 11.3 Å². The van der Waals surface area contributed by atoms with Crippen LogP contribution in [0.3, 0.4) is 0 Å². The molecule has 2 aliphatic rings. The van der Waals surface area contributed by atoms with Crippen LogP contribution in [0.2, 0.25) is 0 Å². The first-order chi connectivity index (χ1) is 20.4. The van der Waals surface area contributed by atoms with Crippen molar-refractivity contribution in [3.8, 4) is 0 Å². The number of aromatic nitrogens is 6. The number of nitrogens with zero attached hydrogens (tertiary/aromatic N) is 6. The largest absolute Gasteiger partial charge is 0.389 e. The van der Waals surface area contributed by atoms with Crippen LogP contribution in [-0.4, -0.2) is 67.2 Å². The molecule has 2 N–H and O–H groups in total. The Morgan fingerprint density at radius 2 is 1.79 bits per heavy atom. The van der Waals surface area contributed by atoms with Crippen LogP contribution in [0, 0.1) is 11.8 Å². The van der Waals surface area contributed by atoms with Gasteiger partial charge in [-0.1, -0.05) is 0 Å². The summed E-state index contributed by atoms with van der Waals surface area (Å²) in [5, 5.41) is 18.3. The van der Waals surface area contributed by atoms with Gasteiger partial charge in [0, 0.05) is 26.4 Å². The molecule has 5 rings (SSSR count). The minimum Gasteiger partial charge on any atom is -0.383 e. The number of fused-ring (bicyclic) bond motifs is 1. The number of halogens is 5. The van der Waals surface area contributed by atoms with Gasteiger partial charge in [-0.05, 0) is 49.1 Å². The highest BCUT2D eigenvalue weighted by molar-refractivity contribution is 5.92. The second-order valence-corrected chi connectivity index (χ2v) is 11.2. The van der Waals surface area contributed by atoms with Crippen molar-refractivity contribution in [3.05, 3.63) is 41.6 Å². The number of hydrogen-bond donors (Lipinski definition) is 2. The van der Waals surface area contributed by atoms with Crippen molar-refractivity contribution in [3.63, 3.8) is 0 Å². The van der Waals surface area contributed by atoms with E-state index in [1.54, 1.807) is 12.3 Å². The Balaban J connectivity index is 1.37. The lowest BCUT2D eigenvalue weighted by atomic mass is 9.81. The van der Waals surface area contributed by atoms with E-state index in [0.717, 1.165) is 12.8 Å². The van der Waals surface area contributed by atoms with Crippen molar-refractivity contribution in [1.82, 2.24) is 40.2 Å². The van der Waals surface area contributed by atoms with Crippen LogP contribution in [0.15, 0.2) is 24.7 Å². The van der Waals surface area contributed by atoms with Crippen LogP contribution in [0.25, 0.3) is 5.65 Å². The number of carbonyl (C=O) groups is 2. The molecule has 2 saturated carbocycles. The molecule has 11 nitrogen and oxygen atoms in total. The molecule has 0 bridgehead atoms. The molecule has 0 radical (unpaired) electrons. The molecule has 0 saturated heterocycles. The zero-order valence-corrected chi connectivity index (χ0v) is 23.5. The topological polar surface area (TPSA) is 128 Å². The molecule has 3 heterocycles. The number of alkyl halides is 5. The first-order valence-electron chi connectivity index (χ1n) is 14.2. The Hall–Kier alpha value is -3.69. The Labute approximate surface area is 243 Å². The van der Waals surface area contributed by atoms with Crippen molar-refractivity contribution in [2.24, 2.45) is 11.8 Å². The lowest BCUT2D eigenvalue weighted by Gasteiger charge is -2.33. The molecule has 0 aromatic carbocycles. The van der Waals surface area contributed by atoms with Crippen LogP contribution in [0.4, 0.5) is 22.0 Å². The summed E-state index contributed by atoms with van der Waals surface area (Å²) in [5.41, 5.74) is 1.45. The van der Waals surface area contributed by atoms with E-state index in [-0.39, 0.29) is 43.2 Å². The van der Waals surface area contributed by atoms with Crippen LogP contribution in [0.5, 0.6) is 0 Å². The number of methoxy groups -OCH3 is 1. The second kappa shape index (κ2) is 12.5. The van der Waals surface area contributed by atoms with Gasteiger partial charge >= 0.3 is 6.18 Å². The van der Waals surface area contributed by atoms with Gasteiger partial charge < -0.3 is 15.4 Å². The second-order valence-electron chi connectivity index (χ2n) is 11.2. The molecule has 234 valence electrons. The molecule has 3 aromatic rings. The average molecular weight is 613 g/mol. The molecule has 0 unspecified atom stereocenters. The van der Waals surface area contributed by atoms with E-state index in [4.69, 9.17) is 4.74 Å². The maximum Gasteiger partial charge on any atom is 0.389 e. The fourth-order valence-corrected chi connectivity index (χ4v) is 5.36. The summed E-state index contributed by atoms with van der Waals surface area (Å²) in [6.07, 6.45) is -0.532. The Bertz CT molecular complexity index is 1430. The van der Waals surface area contributed by atoms with Gasteiger partial charge in [0.05, 0.1) is 55.9 Å². The van der Waals surface area contributed by atoms with Gasteiger partial charge in [-0.15, -0.1) is 5.10 Å². The van der Waals surface area contributed by atoms with E-state index >= 15 is 0 Å². The third-order valence-corrected chi connectivity index (χ3v) is 7.87. The summed E-state index contributed by atoms with van der Waals surface area (Å²) in [5.74, 6) is -4.26. The van der Waals surface area contributed by atoms with Crippen LogP contribution in [0.1, 0.15) is 85.2 Å². The quantitative estimate of drug-likeness (QED) is 0.294. The van der Waals surface area contributed by atoms with Crippen molar-refractivity contribution in [1.29, 1.82) is 0 Å². The fourth-order valence-electron chi connectivity index (χ4n) is 5.36. The van der Waals surface area contributed by atoms with Gasteiger partial charge in [-0.3, -0.25) is 9.59 Å². The van der Waals surface area contributed by atoms with Gasteiger partial charge in [-0.25, -0.2) is 18.3 Å². The standard InChI is InChI=1S/C27H33F5N8O3/c1-43-11-10-40-34-14-19(38-40)25(42)37-24(17-4-7-26(28,29)8-5-17)20-15-39-21(35-20)12-18(13-33-39)23(16-2-3-16)36-22(41)6-9-27(30,31)32/h12-17,23-24H,2-11H2,1H3,(H,36,41)(H,37,42)/t23-,24+/m1/s1. The summed E-state index contributed by atoms with van der Waals surface area (Å²) in [7, 11) is 1.53. The molecule has 2 atom stereocenters. The fraction of sp³-hybridized carbons (Fsp3) is 0.630. The van der Waals surface area contributed by atoms with E-state index in [0.29, 0.717) is 30.1 Å². The van der Waals surface area contributed by atoms with E-state index in [1.807, 2.05) is 0 Å². The number of imidazole rings is 1. The predicted molar refractivity (Wildman–Crippen MR) is 141 cm³/mol.